The minimum atomic E-state index is -3.56. The number of benzene rings is 2. The number of amides is 1. The zero-order valence-electron chi connectivity index (χ0n) is 13.5. The highest BCUT2D eigenvalue weighted by Gasteiger charge is 2.19. The fourth-order valence-corrected chi connectivity index (χ4v) is 3.60. The Labute approximate surface area is 150 Å². The monoisotopic (exact) mass is 366 g/mol. The summed E-state index contributed by atoms with van der Waals surface area (Å²) >= 11 is 0. The highest BCUT2D eigenvalue weighted by Crippen LogP contribution is 2.19. The van der Waals surface area contributed by atoms with Gasteiger partial charge in [0, 0.05) is 5.69 Å². The van der Waals surface area contributed by atoms with Gasteiger partial charge >= 0.3 is 0 Å². The van der Waals surface area contributed by atoms with Crippen molar-refractivity contribution >= 4 is 21.4 Å². The summed E-state index contributed by atoms with van der Waals surface area (Å²) in [5.74, 6) is -0.701. The third kappa shape index (κ3) is 3.99. The lowest BCUT2D eigenvalue weighted by Crippen LogP contribution is -2.11. The number of carbonyl (C=O) groups excluding carboxylic acids is 1. The van der Waals surface area contributed by atoms with E-state index in [0.717, 1.165) is 0 Å². The average molecular weight is 366 g/mol. The molecule has 1 amide bonds. The van der Waals surface area contributed by atoms with Crippen LogP contribution in [0.15, 0.2) is 76.0 Å². The van der Waals surface area contributed by atoms with Gasteiger partial charge in [-0.2, -0.15) is 5.26 Å². The van der Waals surface area contributed by atoms with Crippen molar-refractivity contribution in [3.05, 3.63) is 83.8 Å². The summed E-state index contributed by atoms with van der Waals surface area (Å²) in [7, 11) is -3.56. The number of nitrogens with zero attached hydrogens (tertiary/aromatic N) is 1. The molecule has 0 aliphatic heterocycles. The first kappa shape index (κ1) is 17.5. The topological polar surface area (TPSA) is 100 Å². The standard InChI is InChI=1S/C19H14N2O4S/c20-12-14-5-4-6-15(11-14)21-19(22)18-10-9-16(25-18)13-26(23,24)17-7-2-1-3-8-17/h1-11H,13H2,(H,21,22). The Hall–Kier alpha value is -3.37. The van der Waals surface area contributed by atoms with Crippen LogP contribution < -0.4 is 5.32 Å². The molecule has 0 atom stereocenters. The predicted octanol–water partition coefficient (Wildman–Crippen LogP) is 3.38. The van der Waals surface area contributed by atoms with Crippen LogP contribution in [0.1, 0.15) is 21.9 Å². The predicted molar refractivity (Wildman–Crippen MR) is 95.2 cm³/mol. The van der Waals surface area contributed by atoms with E-state index in [9.17, 15) is 13.2 Å². The first-order chi connectivity index (χ1) is 12.5. The van der Waals surface area contributed by atoms with Crippen LogP contribution in [-0.2, 0) is 15.6 Å². The van der Waals surface area contributed by atoms with Crippen molar-refractivity contribution < 1.29 is 17.6 Å². The number of carbonyl (C=O) groups is 1. The number of anilines is 1. The van der Waals surface area contributed by atoms with Gasteiger partial charge in [0.25, 0.3) is 5.91 Å². The molecule has 7 heteroatoms. The molecule has 1 heterocycles. The minimum absolute atomic E-state index is 0.00868. The van der Waals surface area contributed by atoms with Gasteiger partial charge in [-0.25, -0.2) is 8.42 Å². The maximum absolute atomic E-state index is 12.4. The molecule has 0 spiro atoms. The van der Waals surface area contributed by atoms with Crippen LogP contribution in [0, 0.1) is 11.3 Å². The van der Waals surface area contributed by atoms with E-state index in [1.165, 1.54) is 30.3 Å². The molecule has 26 heavy (non-hydrogen) atoms. The molecule has 6 nitrogen and oxygen atoms in total. The summed E-state index contributed by atoms with van der Waals surface area (Å²) in [6.45, 7) is 0. The van der Waals surface area contributed by atoms with Gasteiger partial charge in [0.2, 0.25) is 0 Å². The Morgan fingerprint density at radius 3 is 2.54 bits per heavy atom. The number of hydrogen-bond donors (Lipinski definition) is 1. The molecular formula is C19H14N2O4S. The van der Waals surface area contributed by atoms with Gasteiger partial charge in [-0.15, -0.1) is 0 Å². The Kier molecular flexibility index (Phi) is 4.87. The van der Waals surface area contributed by atoms with E-state index in [0.29, 0.717) is 11.3 Å². The van der Waals surface area contributed by atoms with Crippen molar-refractivity contribution in [2.24, 2.45) is 0 Å². The molecular weight excluding hydrogens is 352 g/mol. The summed E-state index contributed by atoms with van der Waals surface area (Å²) in [6, 6.07) is 19.3. The highest BCUT2D eigenvalue weighted by atomic mass is 32.2. The third-order valence-electron chi connectivity index (χ3n) is 3.57. The quantitative estimate of drug-likeness (QED) is 0.746. The van der Waals surface area contributed by atoms with Crippen molar-refractivity contribution in [3.63, 3.8) is 0 Å². The van der Waals surface area contributed by atoms with E-state index in [4.69, 9.17) is 9.68 Å². The summed E-state index contributed by atoms with van der Waals surface area (Å²) in [6.07, 6.45) is 0. The van der Waals surface area contributed by atoms with E-state index >= 15 is 0 Å². The molecule has 0 saturated carbocycles. The summed E-state index contributed by atoms with van der Waals surface area (Å²) in [5, 5.41) is 11.5. The zero-order chi connectivity index (χ0) is 18.6. The Morgan fingerprint density at radius 2 is 1.81 bits per heavy atom. The van der Waals surface area contributed by atoms with E-state index in [2.05, 4.69) is 5.32 Å². The second-order valence-electron chi connectivity index (χ2n) is 5.48. The normalized spacial score (nSPS) is 10.9. The Morgan fingerprint density at radius 1 is 1.04 bits per heavy atom. The molecule has 0 bridgehead atoms. The third-order valence-corrected chi connectivity index (χ3v) is 5.22. The van der Waals surface area contributed by atoms with Crippen LogP contribution in [0.25, 0.3) is 0 Å². The largest absolute Gasteiger partial charge is 0.455 e. The molecule has 0 aliphatic carbocycles. The zero-order valence-corrected chi connectivity index (χ0v) is 14.4. The first-order valence-corrected chi connectivity index (χ1v) is 9.31. The van der Waals surface area contributed by atoms with Gasteiger partial charge in [0.1, 0.15) is 11.5 Å². The van der Waals surface area contributed by atoms with Crippen LogP contribution in [0.4, 0.5) is 5.69 Å². The van der Waals surface area contributed by atoms with E-state index in [-0.39, 0.29) is 22.2 Å². The molecule has 2 aromatic carbocycles. The number of furan rings is 1. The SMILES string of the molecule is N#Cc1cccc(NC(=O)c2ccc(CS(=O)(=O)c3ccccc3)o2)c1. The number of nitriles is 1. The molecule has 0 fully saturated rings. The molecule has 3 aromatic rings. The average Bonchev–Trinajstić information content (AvgIpc) is 3.10. The van der Waals surface area contributed by atoms with Crippen molar-refractivity contribution in [1.29, 1.82) is 5.26 Å². The van der Waals surface area contributed by atoms with Crippen molar-refractivity contribution in [2.45, 2.75) is 10.6 Å². The first-order valence-electron chi connectivity index (χ1n) is 7.66. The van der Waals surface area contributed by atoms with Crippen LogP contribution in [-0.4, -0.2) is 14.3 Å². The van der Waals surface area contributed by atoms with Gasteiger partial charge in [-0.05, 0) is 42.5 Å². The minimum Gasteiger partial charge on any atom is -0.455 e. The van der Waals surface area contributed by atoms with Crippen molar-refractivity contribution in [1.82, 2.24) is 0 Å². The van der Waals surface area contributed by atoms with Crippen LogP contribution >= 0.6 is 0 Å². The molecule has 3 rings (SSSR count). The van der Waals surface area contributed by atoms with Crippen molar-refractivity contribution in [2.75, 3.05) is 5.32 Å². The summed E-state index contributed by atoms with van der Waals surface area (Å²) in [5.41, 5.74) is 0.862. The molecule has 130 valence electrons. The molecule has 0 radical (unpaired) electrons. The molecule has 1 N–H and O–H groups in total. The van der Waals surface area contributed by atoms with E-state index < -0.39 is 15.7 Å². The van der Waals surface area contributed by atoms with Gasteiger partial charge in [0.05, 0.1) is 16.5 Å². The van der Waals surface area contributed by atoms with Gasteiger partial charge < -0.3 is 9.73 Å². The van der Waals surface area contributed by atoms with E-state index in [1.54, 1.807) is 36.4 Å². The van der Waals surface area contributed by atoms with E-state index in [1.807, 2.05) is 6.07 Å². The van der Waals surface area contributed by atoms with Gasteiger partial charge in [-0.1, -0.05) is 24.3 Å². The molecule has 0 unspecified atom stereocenters. The maximum Gasteiger partial charge on any atom is 0.291 e. The highest BCUT2D eigenvalue weighted by molar-refractivity contribution is 7.90. The van der Waals surface area contributed by atoms with Crippen LogP contribution in [0.5, 0.6) is 0 Å². The van der Waals surface area contributed by atoms with Crippen molar-refractivity contribution in [3.8, 4) is 6.07 Å². The van der Waals surface area contributed by atoms with Crippen LogP contribution in [0.2, 0.25) is 0 Å². The molecule has 0 saturated heterocycles. The second-order valence-corrected chi connectivity index (χ2v) is 7.47. The number of sulfone groups is 1. The smallest absolute Gasteiger partial charge is 0.291 e. The summed E-state index contributed by atoms with van der Waals surface area (Å²) in [4.78, 5) is 12.4. The lowest BCUT2D eigenvalue weighted by molar-refractivity contribution is 0.0995. The summed E-state index contributed by atoms with van der Waals surface area (Å²) < 4.78 is 30.1. The lowest BCUT2D eigenvalue weighted by atomic mass is 10.2. The Bertz CT molecular complexity index is 1080. The van der Waals surface area contributed by atoms with Crippen LogP contribution in [0.3, 0.4) is 0 Å². The number of rotatable bonds is 5. The second kappa shape index (κ2) is 7.25. The maximum atomic E-state index is 12.4. The molecule has 1 aromatic heterocycles. The number of hydrogen-bond acceptors (Lipinski definition) is 5. The lowest BCUT2D eigenvalue weighted by Gasteiger charge is -2.04. The Balaban J connectivity index is 1.73. The molecule has 0 aliphatic rings. The van der Waals surface area contributed by atoms with Gasteiger partial charge in [0.15, 0.2) is 15.6 Å². The fraction of sp³-hybridized carbons (Fsp3) is 0.0526. The van der Waals surface area contributed by atoms with Gasteiger partial charge in [-0.3, -0.25) is 4.79 Å². The number of nitrogens with one attached hydrogen (secondary N) is 1. The fourth-order valence-electron chi connectivity index (χ4n) is 2.34.